The zero-order valence-electron chi connectivity index (χ0n) is 11.7. The second-order valence-corrected chi connectivity index (χ2v) is 4.90. The summed E-state index contributed by atoms with van der Waals surface area (Å²) in [6, 6.07) is 8.48. The van der Waals surface area contributed by atoms with Crippen molar-refractivity contribution >= 4 is 0 Å². The monoisotopic (exact) mass is 251 g/mol. The van der Waals surface area contributed by atoms with E-state index in [1.54, 1.807) is 7.11 Å². The molecule has 0 aliphatic heterocycles. The van der Waals surface area contributed by atoms with Crippen LogP contribution in [-0.4, -0.2) is 26.9 Å². The lowest BCUT2D eigenvalue weighted by molar-refractivity contribution is 0.111. The predicted molar refractivity (Wildman–Crippen MR) is 74.5 cm³/mol. The van der Waals surface area contributed by atoms with Crippen molar-refractivity contribution in [1.29, 1.82) is 0 Å². The van der Waals surface area contributed by atoms with Gasteiger partial charge in [0.05, 0.1) is 13.2 Å². The van der Waals surface area contributed by atoms with Gasteiger partial charge in [-0.2, -0.15) is 0 Å². The van der Waals surface area contributed by atoms with Gasteiger partial charge in [0.2, 0.25) is 0 Å². The molecule has 0 fully saturated rings. The van der Waals surface area contributed by atoms with Gasteiger partial charge in [0.15, 0.2) is 0 Å². The van der Waals surface area contributed by atoms with E-state index in [1.807, 2.05) is 0 Å². The lowest BCUT2D eigenvalue weighted by Crippen LogP contribution is -2.20. The van der Waals surface area contributed by atoms with Crippen LogP contribution in [0.25, 0.3) is 0 Å². The Morgan fingerprint density at radius 1 is 1.11 bits per heavy atom. The molecule has 0 radical (unpaired) electrons. The number of hydrogen-bond acceptors (Lipinski definition) is 3. The van der Waals surface area contributed by atoms with Gasteiger partial charge in [-0.3, -0.25) is 0 Å². The maximum absolute atomic E-state index is 5.51. The molecule has 0 heterocycles. The molecule has 102 valence electrons. The second kappa shape index (κ2) is 9.09. The first-order valence-electron chi connectivity index (χ1n) is 6.57. The predicted octanol–water partition coefficient (Wildman–Crippen LogP) is 2.60. The molecule has 3 nitrogen and oxygen atoms in total. The Hall–Kier alpha value is -0.900. The first kappa shape index (κ1) is 15.2. The van der Waals surface area contributed by atoms with Crippen LogP contribution in [0.4, 0.5) is 0 Å². The number of benzene rings is 1. The zero-order chi connectivity index (χ0) is 13.2. The molecular weight excluding hydrogens is 226 g/mol. The number of methoxy groups -OCH3 is 1. The van der Waals surface area contributed by atoms with Crippen LogP contribution in [0.1, 0.15) is 25.0 Å². The molecule has 1 rings (SSSR count). The van der Waals surface area contributed by atoms with E-state index in [9.17, 15) is 0 Å². The minimum Gasteiger partial charge on any atom is -0.380 e. The largest absolute Gasteiger partial charge is 0.380 e. The highest BCUT2D eigenvalue weighted by Crippen LogP contribution is 2.05. The number of hydrogen-bond donors (Lipinski definition) is 1. The third-order valence-corrected chi connectivity index (χ3v) is 2.54. The minimum absolute atomic E-state index is 0.610. The number of ether oxygens (including phenoxy) is 2. The Labute approximate surface area is 110 Å². The highest BCUT2D eigenvalue weighted by Gasteiger charge is 1.96. The van der Waals surface area contributed by atoms with Crippen LogP contribution in [0.15, 0.2) is 24.3 Å². The smallest absolute Gasteiger partial charge is 0.0713 e. The summed E-state index contributed by atoms with van der Waals surface area (Å²) < 4.78 is 10.6. The molecule has 1 aromatic rings. The molecule has 0 amide bonds. The summed E-state index contributed by atoms with van der Waals surface area (Å²) in [6.45, 7) is 8.40. The summed E-state index contributed by atoms with van der Waals surface area (Å²) in [4.78, 5) is 0. The molecule has 0 bridgehead atoms. The number of rotatable bonds is 9. The third kappa shape index (κ3) is 6.74. The van der Waals surface area contributed by atoms with E-state index in [-0.39, 0.29) is 0 Å². The fraction of sp³-hybridized carbons (Fsp3) is 0.600. The molecule has 18 heavy (non-hydrogen) atoms. The van der Waals surface area contributed by atoms with Crippen LogP contribution in [0.2, 0.25) is 0 Å². The lowest BCUT2D eigenvalue weighted by Gasteiger charge is -2.08. The van der Waals surface area contributed by atoms with Crippen LogP contribution >= 0.6 is 0 Å². The van der Waals surface area contributed by atoms with E-state index >= 15 is 0 Å². The molecule has 0 unspecified atom stereocenters. The van der Waals surface area contributed by atoms with Crippen molar-refractivity contribution in [1.82, 2.24) is 5.32 Å². The Balaban J connectivity index is 2.11. The van der Waals surface area contributed by atoms with Crippen LogP contribution in [0.5, 0.6) is 0 Å². The SMILES string of the molecule is COCc1ccc(CNCCOCC(C)C)cc1. The van der Waals surface area contributed by atoms with Gasteiger partial charge in [0.25, 0.3) is 0 Å². The molecule has 3 heteroatoms. The molecule has 0 aliphatic rings. The molecule has 1 aromatic carbocycles. The quantitative estimate of drug-likeness (QED) is 0.684. The van der Waals surface area contributed by atoms with E-state index in [0.717, 1.165) is 26.3 Å². The van der Waals surface area contributed by atoms with E-state index in [0.29, 0.717) is 12.5 Å². The van der Waals surface area contributed by atoms with Gasteiger partial charge in [0.1, 0.15) is 0 Å². The molecule has 0 saturated heterocycles. The maximum Gasteiger partial charge on any atom is 0.0713 e. The summed E-state index contributed by atoms with van der Waals surface area (Å²) in [6.07, 6.45) is 0. The van der Waals surface area contributed by atoms with Crippen molar-refractivity contribution in [2.75, 3.05) is 26.9 Å². The fourth-order valence-corrected chi connectivity index (χ4v) is 1.62. The van der Waals surface area contributed by atoms with E-state index in [1.165, 1.54) is 11.1 Å². The fourth-order valence-electron chi connectivity index (χ4n) is 1.62. The highest BCUT2D eigenvalue weighted by atomic mass is 16.5. The van der Waals surface area contributed by atoms with Crippen molar-refractivity contribution in [3.63, 3.8) is 0 Å². The first-order chi connectivity index (χ1) is 8.72. The van der Waals surface area contributed by atoms with Gasteiger partial charge in [-0.05, 0) is 17.0 Å². The summed E-state index contributed by atoms with van der Waals surface area (Å²) in [5.74, 6) is 0.610. The molecular formula is C15H25NO2. The van der Waals surface area contributed by atoms with Gasteiger partial charge in [-0.15, -0.1) is 0 Å². The van der Waals surface area contributed by atoms with Gasteiger partial charge in [0, 0.05) is 26.8 Å². The van der Waals surface area contributed by atoms with E-state index in [2.05, 4.69) is 43.4 Å². The zero-order valence-corrected chi connectivity index (χ0v) is 11.7. The van der Waals surface area contributed by atoms with Crippen LogP contribution in [0, 0.1) is 5.92 Å². The van der Waals surface area contributed by atoms with Crippen molar-refractivity contribution in [2.45, 2.75) is 27.0 Å². The van der Waals surface area contributed by atoms with Crippen molar-refractivity contribution < 1.29 is 9.47 Å². The third-order valence-electron chi connectivity index (χ3n) is 2.54. The van der Waals surface area contributed by atoms with Gasteiger partial charge in [-0.25, -0.2) is 0 Å². The summed E-state index contributed by atoms with van der Waals surface area (Å²) in [5.41, 5.74) is 2.50. The van der Waals surface area contributed by atoms with Gasteiger partial charge >= 0.3 is 0 Å². The molecule has 1 N–H and O–H groups in total. The number of nitrogens with one attached hydrogen (secondary N) is 1. The maximum atomic E-state index is 5.51. The van der Waals surface area contributed by atoms with Crippen molar-refractivity contribution in [2.24, 2.45) is 5.92 Å². The molecule has 0 aliphatic carbocycles. The van der Waals surface area contributed by atoms with E-state index in [4.69, 9.17) is 9.47 Å². The minimum atomic E-state index is 0.610. The Morgan fingerprint density at radius 3 is 2.39 bits per heavy atom. The standard InChI is InChI=1S/C15H25NO2/c1-13(2)11-18-9-8-16-10-14-4-6-15(7-5-14)12-17-3/h4-7,13,16H,8-12H2,1-3H3. The Kier molecular flexibility index (Phi) is 7.65. The first-order valence-corrected chi connectivity index (χ1v) is 6.57. The average Bonchev–Trinajstić information content (AvgIpc) is 2.35. The van der Waals surface area contributed by atoms with E-state index < -0.39 is 0 Å². The average molecular weight is 251 g/mol. The summed E-state index contributed by atoms with van der Waals surface area (Å²) in [5, 5.41) is 3.37. The van der Waals surface area contributed by atoms with Crippen LogP contribution in [0.3, 0.4) is 0 Å². The van der Waals surface area contributed by atoms with Gasteiger partial charge in [-0.1, -0.05) is 38.1 Å². The van der Waals surface area contributed by atoms with Crippen molar-refractivity contribution in [3.05, 3.63) is 35.4 Å². The molecule has 0 spiro atoms. The molecule has 0 saturated carbocycles. The van der Waals surface area contributed by atoms with Crippen LogP contribution in [-0.2, 0) is 22.6 Å². The molecule has 0 atom stereocenters. The highest BCUT2D eigenvalue weighted by molar-refractivity contribution is 5.21. The Morgan fingerprint density at radius 2 is 1.78 bits per heavy atom. The second-order valence-electron chi connectivity index (χ2n) is 4.90. The van der Waals surface area contributed by atoms with Gasteiger partial charge < -0.3 is 14.8 Å². The van der Waals surface area contributed by atoms with Crippen molar-refractivity contribution in [3.8, 4) is 0 Å². The Bertz CT molecular complexity index is 309. The lowest BCUT2D eigenvalue weighted by atomic mass is 10.1. The topological polar surface area (TPSA) is 30.5 Å². The van der Waals surface area contributed by atoms with Crippen LogP contribution < -0.4 is 5.32 Å². The normalized spacial score (nSPS) is 11.1. The summed E-state index contributed by atoms with van der Waals surface area (Å²) >= 11 is 0. The summed E-state index contributed by atoms with van der Waals surface area (Å²) in [7, 11) is 1.71. The molecule has 0 aromatic heterocycles.